The fourth-order valence-electron chi connectivity index (χ4n) is 2.88. The van der Waals surface area contributed by atoms with Gasteiger partial charge in [0.2, 0.25) is 11.8 Å². The normalized spacial score (nSPS) is 17.1. The zero-order chi connectivity index (χ0) is 22.2. The highest BCUT2D eigenvalue weighted by Crippen LogP contribution is 2.32. The van der Waals surface area contributed by atoms with Crippen molar-refractivity contribution in [2.75, 3.05) is 18.5 Å². The first-order chi connectivity index (χ1) is 15.0. The number of ether oxygens (including phenoxy) is 1. The van der Waals surface area contributed by atoms with Crippen LogP contribution in [0.1, 0.15) is 19.8 Å². The van der Waals surface area contributed by atoms with Gasteiger partial charge in [0.25, 0.3) is 0 Å². The molecule has 162 valence electrons. The topological polar surface area (TPSA) is 71.0 Å². The van der Waals surface area contributed by atoms with Gasteiger partial charge in [-0.3, -0.25) is 14.5 Å². The lowest BCUT2D eigenvalue weighted by Gasteiger charge is -2.13. The maximum absolute atomic E-state index is 13.1. The van der Waals surface area contributed by atoms with E-state index in [4.69, 9.17) is 4.74 Å². The Kier molecular flexibility index (Phi) is 7.83. The van der Waals surface area contributed by atoms with E-state index in [0.717, 1.165) is 12.2 Å². The van der Waals surface area contributed by atoms with Crippen molar-refractivity contribution in [2.45, 2.75) is 25.0 Å². The third-order valence-corrected chi connectivity index (χ3v) is 5.54. The van der Waals surface area contributed by atoms with Crippen LogP contribution in [0.2, 0.25) is 0 Å². The maximum Gasteiger partial charge on any atom is 0.242 e. The lowest BCUT2D eigenvalue weighted by atomic mass is 10.2. The van der Waals surface area contributed by atoms with E-state index >= 15 is 0 Å². The van der Waals surface area contributed by atoms with Gasteiger partial charge in [0.05, 0.1) is 12.3 Å². The third kappa shape index (κ3) is 6.18. The molecule has 0 spiro atoms. The second kappa shape index (κ2) is 10.8. The van der Waals surface area contributed by atoms with E-state index in [-0.39, 0.29) is 30.6 Å². The standard InChI is InChI=1S/C23H24FN3O3S/c1-3-13-27-22(29)20(31-23(27)26-18-7-5-16(24)6-8-18)15-21(28)25-17-9-11-19(12-10-17)30-14-4-2/h3,5-12,20H,1,4,13-15H2,2H3,(H,25,28)/t20-/m0/s1. The van der Waals surface area contributed by atoms with Gasteiger partial charge in [-0.2, -0.15) is 0 Å². The zero-order valence-electron chi connectivity index (χ0n) is 17.2. The van der Waals surface area contributed by atoms with E-state index in [2.05, 4.69) is 16.9 Å². The number of nitrogens with one attached hydrogen (secondary N) is 1. The van der Waals surface area contributed by atoms with Crippen LogP contribution in [0, 0.1) is 5.82 Å². The predicted octanol–water partition coefficient (Wildman–Crippen LogP) is 4.76. The van der Waals surface area contributed by atoms with Crippen molar-refractivity contribution < 1.29 is 18.7 Å². The molecular weight excluding hydrogens is 417 g/mol. The van der Waals surface area contributed by atoms with Crippen molar-refractivity contribution in [1.29, 1.82) is 0 Å². The highest BCUT2D eigenvalue weighted by atomic mass is 32.2. The summed E-state index contributed by atoms with van der Waals surface area (Å²) < 4.78 is 18.7. The number of rotatable bonds is 9. The lowest BCUT2D eigenvalue weighted by molar-refractivity contribution is -0.127. The first-order valence-corrected chi connectivity index (χ1v) is 10.8. The number of amidine groups is 1. The molecule has 0 saturated carbocycles. The van der Waals surface area contributed by atoms with Gasteiger partial charge < -0.3 is 10.1 Å². The summed E-state index contributed by atoms with van der Waals surface area (Å²) >= 11 is 1.22. The van der Waals surface area contributed by atoms with Crippen LogP contribution in [0.25, 0.3) is 0 Å². The Morgan fingerprint density at radius 2 is 1.97 bits per heavy atom. The predicted molar refractivity (Wildman–Crippen MR) is 122 cm³/mol. The van der Waals surface area contributed by atoms with Gasteiger partial charge in [0.15, 0.2) is 5.17 Å². The Bertz CT molecular complexity index is 961. The number of nitrogens with zero attached hydrogens (tertiary/aromatic N) is 2. The number of carbonyl (C=O) groups is 2. The van der Waals surface area contributed by atoms with Gasteiger partial charge in [-0.05, 0) is 55.0 Å². The lowest BCUT2D eigenvalue weighted by Crippen LogP contribution is -2.33. The molecule has 6 nitrogen and oxygen atoms in total. The number of hydrogen-bond donors (Lipinski definition) is 1. The molecule has 0 unspecified atom stereocenters. The smallest absolute Gasteiger partial charge is 0.242 e. The summed E-state index contributed by atoms with van der Waals surface area (Å²) in [4.78, 5) is 31.2. The zero-order valence-corrected chi connectivity index (χ0v) is 18.0. The molecule has 1 heterocycles. The summed E-state index contributed by atoms with van der Waals surface area (Å²) in [6.45, 7) is 6.63. The Hall–Kier alpha value is -3.13. The Morgan fingerprint density at radius 1 is 1.26 bits per heavy atom. The van der Waals surface area contributed by atoms with Crippen LogP contribution in [0.15, 0.2) is 66.2 Å². The second-order valence-electron chi connectivity index (χ2n) is 6.84. The van der Waals surface area contributed by atoms with Crippen LogP contribution in [0.5, 0.6) is 5.75 Å². The van der Waals surface area contributed by atoms with E-state index in [0.29, 0.717) is 23.1 Å². The van der Waals surface area contributed by atoms with E-state index < -0.39 is 5.25 Å². The van der Waals surface area contributed by atoms with Gasteiger partial charge >= 0.3 is 0 Å². The number of anilines is 1. The highest BCUT2D eigenvalue weighted by molar-refractivity contribution is 8.15. The Labute approximate surface area is 185 Å². The molecule has 0 aliphatic carbocycles. The second-order valence-corrected chi connectivity index (χ2v) is 8.01. The van der Waals surface area contributed by atoms with Crippen LogP contribution in [-0.4, -0.2) is 40.3 Å². The average Bonchev–Trinajstić information content (AvgIpc) is 3.04. The van der Waals surface area contributed by atoms with Crippen LogP contribution >= 0.6 is 11.8 Å². The molecule has 1 aliphatic heterocycles. The molecule has 1 saturated heterocycles. The minimum Gasteiger partial charge on any atom is -0.494 e. The molecule has 31 heavy (non-hydrogen) atoms. The van der Waals surface area contributed by atoms with Crippen LogP contribution in [0.4, 0.5) is 15.8 Å². The minimum atomic E-state index is -0.591. The molecule has 0 radical (unpaired) electrons. The molecule has 1 N–H and O–H groups in total. The molecule has 8 heteroatoms. The number of thioether (sulfide) groups is 1. The number of hydrogen-bond acceptors (Lipinski definition) is 5. The summed E-state index contributed by atoms with van der Waals surface area (Å²) in [6.07, 6.45) is 2.53. The van der Waals surface area contributed by atoms with E-state index in [9.17, 15) is 14.0 Å². The number of benzene rings is 2. The van der Waals surface area contributed by atoms with E-state index in [1.54, 1.807) is 30.3 Å². The van der Waals surface area contributed by atoms with Gasteiger partial charge in [-0.25, -0.2) is 9.38 Å². The summed E-state index contributed by atoms with van der Waals surface area (Å²) in [7, 11) is 0. The molecule has 0 bridgehead atoms. The summed E-state index contributed by atoms with van der Waals surface area (Å²) in [5.74, 6) is -0.0940. The van der Waals surface area contributed by atoms with E-state index in [1.165, 1.54) is 40.9 Å². The average molecular weight is 442 g/mol. The summed E-state index contributed by atoms with van der Waals surface area (Å²) in [6, 6.07) is 12.8. The van der Waals surface area contributed by atoms with Crippen LogP contribution in [-0.2, 0) is 9.59 Å². The first-order valence-electron chi connectivity index (χ1n) is 9.96. The molecule has 0 aromatic heterocycles. The first kappa shape index (κ1) is 22.6. The monoisotopic (exact) mass is 441 g/mol. The molecule has 2 amide bonds. The molecule has 3 rings (SSSR count). The van der Waals surface area contributed by atoms with Gasteiger partial charge in [-0.1, -0.05) is 24.8 Å². The Balaban J connectivity index is 1.65. The molecule has 2 aromatic rings. The molecule has 1 aliphatic rings. The van der Waals surface area contributed by atoms with E-state index in [1.807, 2.05) is 6.92 Å². The number of halogens is 1. The largest absolute Gasteiger partial charge is 0.494 e. The van der Waals surface area contributed by atoms with Crippen molar-refractivity contribution in [2.24, 2.45) is 4.99 Å². The van der Waals surface area contributed by atoms with Gasteiger partial charge in [0.1, 0.15) is 16.8 Å². The quantitative estimate of drug-likeness (QED) is 0.570. The highest BCUT2D eigenvalue weighted by Gasteiger charge is 2.38. The Morgan fingerprint density at radius 3 is 2.61 bits per heavy atom. The van der Waals surface area contributed by atoms with Crippen LogP contribution < -0.4 is 10.1 Å². The summed E-state index contributed by atoms with van der Waals surface area (Å²) in [5, 5.41) is 2.68. The fourth-order valence-corrected chi connectivity index (χ4v) is 4.05. The number of amides is 2. The molecule has 1 fully saturated rings. The van der Waals surface area contributed by atoms with Crippen molar-refractivity contribution >= 4 is 40.1 Å². The fraction of sp³-hybridized carbons (Fsp3) is 0.261. The number of carbonyl (C=O) groups excluding carboxylic acids is 2. The summed E-state index contributed by atoms with van der Waals surface area (Å²) in [5.41, 5.74) is 1.16. The molecular formula is C23H24FN3O3S. The minimum absolute atomic E-state index is 0.00761. The van der Waals surface area contributed by atoms with Gasteiger partial charge in [-0.15, -0.1) is 6.58 Å². The van der Waals surface area contributed by atoms with Crippen molar-refractivity contribution in [3.8, 4) is 5.75 Å². The number of aliphatic imine (C=N–C) groups is 1. The third-order valence-electron chi connectivity index (χ3n) is 4.36. The molecule has 2 aromatic carbocycles. The van der Waals surface area contributed by atoms with Crippen LogP contribution in [0.3, 0.4) is 0 Å². The van der Waals surface area contributed by atoms with Crippen molar-refractivity contribution in [1.82, 2.24) is 4.90 Å². The van der Waals surface area contributed by atoms with Gasteiger partial charge in [0, 0.05) is 18.7 Å². The molecule has 1 atom stereocenters. The SMILES string of the molecule is C=CCN1C(=O)[C@H](CC(=O)Nc2ccc(OCCC)cc2)SC1=Nc1ccc(F)cc1. The maximum atomic E-state index is 13.1. The van der Waals surface area contributed by atoms with Crippen molar-refractivity contribution in [3.63, 3.8) is 0 Å². The van der Waals surface area contributed by atoms with Crippen molar-refractivity contribution in [3.05, 3.63) is 67.0 Å².